The van der Waals surface area contributed by atoms with Crippen molar-refractivity contribution in [3.8, 4) is 5.75 Å². The van der Waals surface area contributed by atoms with Gasteiger partial charge >= 0.3 is 5.97 Å². The molecule has 0 saturated carbocycles. The number of halogens is 1. The maximum atomic E-state index is 12.0. The summed E-state index contributed by atoms with van der Waals surface area (Å²) in [6.45, 7) is 4.48. The number of carbonyl (C=O) groups is 2. The van der Waals surface area contributed by atoms with Gasteiger partial charge < -0.3 is 14.4 Å². The fourth-order valence-electron chi connectivity index (χ4n) is 1.79. The average molecular weight is 314 g/mol. The second-order valence-corrected chi connectivity index (χ2v) is 4.93. The Morgan fingerprint density at radius 2 is 2.05 bits per heavy atom. The van der Waals surface area contributed by atoms with E-state index < -0.39 is 0 Å². The molecule has 0 fully saturated rings. The summed E-state index contributed by atoms with van der Waals surface area (Å²) in [5.74, 6) is 0.114. The summed E-state index contributed by atoms with van der Waals surface area (Å²) in [4.78, 5) is 24.7. The number of ether oxygens (including phenoxy) is 2. The van der Waals surface area contributed by atoms with Crippen LogP contribution in [0.3, 0.4) is 0 Å². The largest absolute Gasteiger partial charge is 0.483 e. The van der Waals surface area contributed by atoms with E-state index in [1.54, 1.807) is 23.1 Å². The van der Waals surface area contributed by atoms with Crippen LogP contribution in [0.5, 0.6) is 5.75 Å². The molecule has 0 aliphatic heterocycles. The average Bonchev–Trinajstić information content (AvgIpc) is 2.46. The summed E-state index contributed by atoms with van der Waals surface area (Å²) in [6, 6.07) is 5.22. The molecule has 6 heteroatoms. The first-order valence-corrected chi connectivity index (χ1v) is 7.09. The lowest BCUT2D eigenvalue weighted by atomic mass is 10.2. The molecule has 0 aliphatic rings. The second-order valence-electron chi connectivity index (χ2n) is 4.50. The van der Waals surface area contributed by atoms with E-state index in [4.69, 9.17) is 16.3 Å². The van der Waals surface area contributed by atoms with E-state index >= 15 is 0 Å². The van der Waals surface area contributed by atoms with Crippen LogP contribution in [-0.4, -0.2) is 43.6 Å². The standard InChI is InChI=1S/C15H20ClNO4/c1-4-17(8-7-15(19)20-3)14(18)10-21-13-6-5-12(16)9-11(13)2/h5-6,9H,4,7-8,10H2,1-3H3. The van der Waals surface area contributed by atoms with Gasteiger partial charge in [0.2, 0.25) is 0 Å². The summed E-state index contributed by atoms with van der Waals surface area (Å²) in [5, 5.41) is 0.624. The van der Waals surface area contributed by atoms with Crippen molar-refractivity contribution in [1.29, 1.82) is 0 Å². The smallest absolute Gasteiger partial charge is 0.307 e. The number of likely N-dealkylation sites (N-methyl/N-ethyl adjacent to an activating group) is 1. The topological polar surface area (TPSA) is 55.8 Å². The Balaban J connectivity index is 2.52. The van der Waals surface area contributed by atoms with Crippen LogP contribution in [0.25, 0.3) is 0 Å². The zero-order valence-corrected chi connectivity index (χ0v) is 13.3. The van der Waals surface area contributed by atoms with Crippen molar-refractivity contribution in [3.05, 3.63) is 28.8 Å². The molecule has 0 N–H and O–H groups in total. The maximum absolute atomic E-state index is 12.0. The fourth-order valence-corrected chi connectivity index (χ4v) is 2.02. The normalized spacial score (nSPS) is 10.1. The number of hydrogen-bond acceptors (Lipinski definition) is 4. The van der Waals surface area contributed by atoms with Gasteiger partial charge in [-0.05, 0) is 37.6 Å². The van der Waals surface area contributed by atoms with Crippen LogP contribution >= 0.6 is 11.6 Å². The first kappa shape index (κ1) is 17.3. The van der Waals surface area contributed by atoms with Gasteiger partial charge in [-0.25, -0.2) is 0 Å². The highest BCUT2D eigenvalue weighted by molar-refractivity contribution is 6.30. The molecule has 0 radical (unpaired) electrons. The number of hydrogen-bond donors (Lipinski definition) is 0. The summed E-state index contributed by atoms with van der Waals surface area (Å²) in [5.41, 5.74) is 0.868. The molecule has 0 saturated heterocycles. The number of methoxy groups -OCH3 is 1. The molecule has 0 atom stereocenters. The lowest BCUT2D eigenvalue weighted by Gasteiger charge is -2.20. The monoisotopic (exact) mass is 313 g/mol. The molecule has 1 rings (SSSR count). The van der Waals surface area contributed by atoms with Gasteiger partial charge in [-0.2, -0.15) is 0 Å². The van der Waals surface area contributed by atoms with E-state index in [9.17, 15) is 9.59 Å². The maximum Gasteiger partial charge on any atom is 0.307 e. The van der Waals surface area contributed by atoms with Crippen LogP contribution in [-0.2, 0) is 14.3 Å². The molecule has 116 valence electrons. The van der Waals surface area contributed by atoms with Crippen molar-refractivity contribution in [1.82, 2.24) is 4.90 Å². The van der Waals surface area contributed by atoms with Gasteiger partial charge in [0.15, 0.2) is 6.61 Å². The Labute approximate surface area is 129 Å². The molecule has 1 aromatic rings. The number of carbonyl (C=O) groups excluding carboxylic acids is 2. The SMILES string of the molecule is CCN(CCC(=O)OC)C(=O)COc1ccc(Cl)cc1C. The highest BCUT2D eigenvalue weighted by Crippen LogP contribution is 2.21. The van der Waals surface area contributed by atoms with Crippen LogP contribution in [0.1, 0.15) is 18.9 Å². The quantitative estimate of drug-likeness (QED) is 0.726. The Hall–Kier alpha value is -1.75. The summed E-state index contributed by atoms with van der Waals surface area (Å²) < 4.78 is 10.1. The van der Waals surface area contributed by atoms with Crippen LogP contribution < -0.4 is 4.74 Å². The van der Waals surface area contributed by atoms with Crippen molar-refractivity contribution in [2.24, 2.45) is 0 Å². The summed E-state index contributed by atoms with van der Waals surface area (Å²) in [6.07, 6.45) is 0.177. The highest BCUT2D eigenvalue weighted by Gasteiger charge is 2.14. The first-order valence-electron chi connectivity index (χ1n) is 6.71. The number of nitrogens with zero attached hydrogens (tertiary/aromatic N) is 1. The number of rotatable bonds is 7. The molecule has 0 bridgehead atoms. The summed E-state index contributed by atoms with van der Waals surface area (Å²) in [7, 11) is 1.33. The number of esters is 1. The van der Waals surface area contributed by atoms with E-state index in [0.717, 1.165) is 5.56 Å². The minimum absolute atomic E-state index is 0.0719. The van der Waals surface area contributed by atoms with Crippen molar-refractivity contribution in [2.45, 2.75) is 20.3 Å². The predicted molar refractivity (Wildman–Crippen MR) is 80.6 cm³/mol. The molecular weight excluding hydrogens is 294 g/mol. The van der Waals surface area contributed by atoms with Gasteiger partial charge in [0, 0.05) is 18.1 Å². The van der Waals surface area contributed by atoms with Gasteiger partial charge in [-0.15, -0.1) is 0 Å². The molecular formula is C15H20ClNO4. The van der Waals surface area contributed by atoms with Crippen molar-refractivity contribution in [2.75, 3.05) is 26.8 Å². The first-order chi connectivity index (χ1) is 9.97. The van der Waals surface area contributed by atoms with E-state index in [1.165, 1.54) is 7.11 Å². The minimum atomic E-state index is -0.337. The van der Waals surface area contributed by atoms with Gasteiger partial charge in [-0.3, -0.25) is 9.59 Å². The molecule has 0 aliphatic carbocycles. The van der Waals surface area contributed by atoms with Gasteiger partial charge in [0.1, 0.15) is 5.75 Å². The third-order valence-corrected chi connectivity index (χ3v) is 3.27. The number of benzene rings is 1. The zero-order chi connectivity index (χ0) is 15.8. The second kappa shape index (κ2) is 8.52. The van der Waals surface area contributed by atoms with Crippen LogP contribution in [0, 0.1) is 6.92 Å². The summed E-state index contributed by atoms with van der Waals surface area (Å²) >= 11 is 5.86. The molecule has 1 amide bonds. The van der Waals surface area contributed by atoms with Crippen LogP contribution in [0.15, 0.2) is 18.2 Å². The van der Waals surface area contributed by atoms with E-state index in [2.05, 4.69) is 4.74 Å². The predicted octanol–water partition coefficient (Wildman–Crippen LogP) is 2.44. The molecule has 21 heavy (non-hydrogen) atoms. The highest BCUT2D eigenvalue weighted by atomic mass is 35.5. The van der Waals surface area contributed by atoms with Crippen LogP contribution in [0.2, 0.25) is 5.02 Å². The van der Waals surface area contributed by atoms with Crippen molar-refractivity contribution < 1.29 is 19.1 Å². The number of amides is 1. The minimum Gasteiger partial charge on any atom is -0.483 e. The Bertz CT molecular complexity index is 504. The van der Waals surface area contributed by atoms with E-state index in [-0.39, 0.29) is 24.9 Å². The molecule has 0 aromatic heterocycles. The Morgan fingerprint density at radius 1 is 1.33 bits per heavy atom. The lowest BCUT2D eigenvalue weighted by Crippen LogP contribution is -2.36. The zero-order valence-electron chi connectivity index (χ0n) is 12.5. The Morgan fingerprint density at radius 3 is 2.62 bits per heavy atom. The third-order valence-electron chi connectivity index (χ3n) is 3.04. The van der Waals surface area contributed by atoms with Crippen molar-refractivity contribution in [3.63, 3.8) is 0 Å². The van der Waals surface area contributed by atoms with Gasteiger partial charge in [0.25, 0.3) is 5.91 Å². The number of aryl methyl sites for hydroxylation is 1. The molecule has 0 unspecified atom stereocenters. The molecule has 5 nitrogen and oxygen atoms in total. The molecule has 0 heterocycles. The van der Waals surface area contributed by atoms with Gasteiger partial charge in [0.05, 0.1) is 13.5 Å². The van der Waals surface area contributed by atoms with Crippen molar-refractivity contribution >= 4 is 23.5 Å². The third kappa shape index (κ3) is 5.63. The van der Waals surface area contributed by atoms with Crippen LogP contribution in [0.4, 0.5) is 0 Å². The lowest BCUT2D eigenvalue weighted by molar-refractivity contribution is -0.142. The Kier molecular flexibility index (Phi) is 7.02. The molecule has 1 aromatic carbocycles. The van der Waals surface area contributed by atoms with E-state index in [1.807, 2.05) is 13.8 Å². The fraction of sp³-hybridized carbons (Fsp3) is 0.467. The van der Waals surface area contributed by atoms with E-state index in [0.29, 0.717) is 23.9 Å². The van der Waals surface area contributed by atoms with Gasteiger partial charge in [-0.1, -0.05) is 11.6 Å². The molecule has 0 spiro atoms.